The molecular weight excluding hydrogens is 224 g/mol. The maximum Gasteiger partial charge on any atom is 0.228 e. The molecule has 5 heteroatoms. The first kappa shape index (κ1) is 11.0. The SMILES string of the molecule is CCCNC1=CC(=O)c2sc(C)nc2C1=O. The molecule has 1 heterocycles. The molecule has 0 fully saturated rings. The maximum absolute atomic E-state index is 11.9. The molecule has 4 nitrogen and oxygen atoms in total. The predicted octanol–water partition coefficient (Wildman–Crippen LogP) is 1.71. The second kappa shape index (κ2) is 4.17. The number of thiazole rings is 1. The van der Waals surface area contributed by atoms with E-state index in [-0.39, 0.29) is 11.6 Å². The van der Waals surface area contributed by atoms with Crippen LogP contribution < -0.4 is 5.32 Å². The molecule has 1 aliphatic carbocycles. The number of ketones is 2. The van der Waals surface area contributed by atoms with Crippen LogP contribution in [0.15, 0.2) is 11.8 Å². The lowest BCUT2D eigenvalue weighted by molar-refractivity contribution is 0.0977. The third kappa shape index (κ3) is 1.78. The lowest BCUT2D eigenvalue weighted by Crippen LogP contribution is -2.26. The lowest BCUT2D eigenvalue weighted by Gasteiger charge is -2.11. The molecule has 16 heavy (non-hydrogen) atoms. The van der Waals surface area contributed by atoms with Gasteiger partial charge in [-0.15, -0.1) is 11.3 Å². The van der Waals surface area contributed by atoms with E-state index in [1.54, 1.807) is 6.92 Å². The predicted molar refractivity (Wildman–Crippen MR) is 61.9 cm³/mol. The van der Waals surface area contributed by atoms with Gasteiger partial charge in [-0.05, 0) is 13.3 Å². The van der Waals surface area contributed by atoms with Crippen molar-refractivity contribution in [2.24, 2.45) is 0 Å². The lowest BCUT2D eigenvalue weighted by atomic mass is 10.0. The van der Waals surface area contributed by atoms with E-state index in [2.05, 4.69) is 10.3 Å². The van der Waals surface area contributed by atoms with Gasteiger partial charge in [0.05, 0.1) is 10.7 Å². The largest absolute Gasteiger partial charge is 0.382 e. The molecule has 2 rings (SSSR count). The van der Waals surface area contributed by atoms with Crippen LogP contribution in [-0.4, -0.2) is 23.1 Å². The Morgan fingerprint density at radius 1 is 1.44 bits per heavy atom. The molecule has 0 saturated carbocycles. The summed E-state index contributed by atoms with van der Waals surface area (Å²) >= 11 is 1.27. The van der Waals surface area contributed by atoms with E-state index >= 15 is 0 Å². The van der Waals surface area contributed by atoms with E-state index in [1.807, 2.05) is 6.92 Å². The number of hydrogen-bond acceptors (Lipinski definition) is 5. The Morgan fingerprint density at radius 3 is 2.88 bits per heavy atom. The number of hydrogen-bond donors (Lipinski definition) is 1. The first-order valence-electron chi connectivity index (χ1n) is 5.15. The molecule has 0 spiro atoms. The molecule has 1 aromatic heterocycles. The van der Waals surface area contributed by atoms with Crippen LogP contribution in [0.5, 0.6) is 0 Å². The van der Waals surface area contributed by atoms with E-state index in [1.165, 1.54) is 17.4 Å². The Bertz CT molecular complexity index is 488. The topological polar surface area (TPSA) is 59.1 Å². The highest BCUT2D eigenvalue weighted by atomic mass is 32.1. The summed E-state index contributed by atoms with van der Waals surface area (Å²) in [5.74, 6) is -0.300. The second-order valence-electron chi connectivity index (χ2n) is 3.59. The van der Waals surface area contributed by atoms with Crippen molar-refractivity contribution in [3.8, 4) is 0 Å². The van der Waals surface area contributed by atoms with Gasteiger partial charge in [0.2, 0.25) is 5.78 Å². The van der Waals surface area contributed by atoms with Gasteiger partial charge in [-0.3, -0.25) is 9.59 Å². The Hall–Kier alpha value is -1.49. The van der Waals surface area contributed by atoms with Gasteiger partial charge in [-0.2, -0.15) is 0 Å². The highest BCUT2D eigenvalue weighted by Gasteiger charge is 2.28. The van der Waals surface area contributed by atoms with E-state index in [0.717, 1.165) is 11.4 Å². The Morgan fingerprint density at radius 2 is 2.19 bits per heavy atom. The summed E-state index contributed by atoms with van der Waals surface area (Å²) in [6.45, 7) is 4.48. The number of nitrogens with one attached hydrogen (secondary N) is 1. The summed E-state index contributed by atoms with van der Waals surface area (Å²) in [6.07, 6.45) is 2.28. The van der Waals surface area contributed by atoms with Crippen LogP contribution in [0.4, 0.5) is 0 Å². The van der Waals surface area contributed by atoms with Crippen LogP contribution in [0.3, 0.4) is 0 Å². The van der Waals surface area contributed by atoms with Gasteiger partial charge >= 0.3 is 0 Å². The smallest absolute Gasteiger partial charge is 0.228 e. The van der Waals surface area contributed by atoms with Crippen molar-refractivity contribution in [2.75, 3.05) is 6.54 Å². The molecule has 1 aromatic rings. The molecule has 0 amide bonds. The Labute approximate surface area is 97.4 Å². The number of Topliss-reactive ketones (excluding diaryl/α,β-unsaturated/α-hetero) is 1. The van der Waals surface area contributed by atoms with Gasteiger partial charge in [-0.25, -0.2) is 4.98 Å². The zero-order valence-electron chi connectivity index (χ0n) is 9.16. The van der Waals surface area contributed by atoms with Crippen LogP contribution in [0.25, 0.3) is 0 Å². The summed E-state index contributed by atoms with van der Waals surface area (Å²) in [5.41, 5.74) is 0.665. The van der Waals surface area contributed by atoms with Gasteiger partial charge in [0.15, 0.2) is 5.78 Å². The molecule has 0 bridgehead atoms. The van der Waals surface area contributed by atoms with Crippen LogP contribution in [0.1, 0.15) is 38.5 Å². The number of allylic oxidation sites excluding steroid dienone is 2. The second-order valence-corrected chi connectivity index (χ2v) is 4.79. The Kier molecular flexibility index (Phi) is 2.87. The maximum atomic E-state index is 11.9. The van der Waals surface area contributed by atoms with E-state index < -0.39 is 0 Å². The van der Waals surface area contributed by atoms with Crippen molar-refractivity contribution in [3.05, 3.63) is 27.4 Å². The van der Waals surface area contributed by atoms with Crippen molar-refractivity contribution < 1.29 is 9.59 Å². The zero-order chi connectivity index (χ0) is 11.7. The van der Waals surface area contributed by atoms with E-state index in [9.17, 15) is 9.59 Å². The van der Waals surface area contributed by atoms with Crippen molar-refractivity contribution in [1.29, 1.82) is 0 Å². The number of nitrogens with zero attached hydrogens (tertiary/aromatic N) is 1. The average molecular weight is 236 g/mol. The summed E-state index contributed by atoms with van der Waals surface area (Å²) in [4.78, 5) is 28.2. The van der Waals surface area contributed by atoms with Gasteiger partial charge in [0.1, 0.15) is 10.6 Å². The molecule has 84 valence electrons. The molecule has 1 N–H and O–H groups in total. The van der Waals surface area contributed by atoms with Crippen molar-refractivity contribution in [2.45, 2.75) is 20.3 Å². The molecule has 0 unspecified atom stereocenters. The minimum absolute atomic E-state index is 0.126. The van der Waals surface area contributed by atoms with Gasteiger partial charge in [-0.1, -0.05) is 6.92 Å². The van der Waals surface area contributed by atoms with Crippen LogP contribution >= 0.6 is 11.3 Å². The molecule has 0 aliphatic heterocycles. The summed E-state index contributed by atoms with van der Waals surface area (Å²) in [5, 5.41) is 3.70. The van der Waals surface area contributed by atoms with E-state index in [4.69, 9.17) is 0 Å². The number of fused-ring (bicyclic) bond motifs is 1. The number of aryl methyl sites for hydroxylation is 1. The fourth-order valence-corrected chi connectivity index (χ4v) is 2.36. The highest BCUT2D eigenvalue weighted by Crippen LogP contribution is 2.25. The number of carbonyl (C=O) groups excluding carboxylic acids is 2. The third-order valence-electron chi connectivity index (χ3n) is 2.26. The average Bonchev–Trinajstić information content (AvgIpc) is 2.64. The number of rotatable bonds is 3. The van der Waals surface area contributed by atoms with Gasteiger partial charge < -0.3 is 5.32 Å². The van der Waals surface area contributed by atoms with Crippen molar-refractivity contribution in [1.82, 2.24) is 10.3 Å². The van der Waals surface area contributed by atoms with Crippen molar-refractivity contribution >= 4 is 22.9 Å². The highest BCUT2D eigenvalue weighted by molar-refractivity contribution is 7.14. The summed E-state index contributed by atoms with van der Waals surface area (Å²) in [7, 11) is 0. The van der Waals surface area contributed by atoms with Crippen LogP contribution in [0.2, 0.25) is 0 Å². The van der Waals surface area contributed by atoms with Gasteiger partial charge in [0, 0.05) is 12.6 Å². The fourth-order valence-electron chi connectivity index (χ4n) is 1.53. The minimum atomic E-state index is -0.174. The summed E-state index contributed by atoms with van der Waals surface area (Å²) < 4.78 is 0. The minimum Gasteiger partial charge on any atom is -0.382 e. The van der Waals surface area contributed by atoms with Gasteiger partial charge in [0.25, 0.3) is 0 Å². The Balaban J connectivity index is 2.34. The standard InChI is InChI=1S/C11H12N2O2S/c1-3-4-12-7-5-8(14)11-9(10(7)15)13-6(2)16-11/h5,12H,3-4H2,1-2H3. The monoisotopic (exact) mass is 236 g/mol. The number of aromatic nitrogens is 1. The van der Waals surface area contributed by atoms with Crippen LogP contribution in [0, 0.1) is 6.92 Å². The molecular formula is C11H12N2O2S. The van der Waals surface area contributed by atoms with E-state index in [0.29, 0.717) is 22.8 Å². The van der Waals surface area contributed by atoms with Crippen molar-refractivity contribution in [3.63, 3.8) is 0 Å². The normalized spacial score (nSPS) is 14.8. The molecule has 0 radical (unpaired) electrons. The number of carbonyl (C=O) groups is 2. The fraction of sp³-hybridized carbons (Fsp3) is 0.364. The first-order valence-corrected chi connectivity index (χ1v) is 5.97. The molecule has 1 aliphatic rings. The zero-order valence-corrected chi connectivity index (χ0v) is 9.98. The summed E-state index contributed by atoms with van der Waals surface area (Å²) in [6, 6.07) is 0. The molecule has 0 aromatic carbocycles. The first-order chi connectivity index (χ1) is 7.63. The van der Waals surface area contributed by atoms with Crippen LogP contribution in [-0.2, 0) is 0 Å². The molecule has 0 saturated heterocycles. The third-order valence-corrected chi connectivity index (χ3v) is 3.24. The molecule has 0 atom stereocenters. The quantitative estimate of drug-likeness (QED) is 0.868.